The second-order valence-corrected chi connectivity index (χ2v) is 9.62. The van der Waals surface area contributed by atoms with Crippen molar-refractivity contribution in [3.05, 3.63) is 65.7 Å². The molecule has 0 radical (unpaired) electrons. The number of hydrogen-bond donors (Lipinski definition) is 2. The van der Waals surface area contributed by atoms with Gasteiger partial charge in [0.2, 0.25) is 10.0 Å². The Labute approximate surface area is 175 Å². The van der Waals surface area contributed by atoms with Crippen molar-refractivity contribution < 1.29 is 28.2 Å². The largest absolute Gasteiger partial charge is 0.489 e. The minimum absolute atomic E-state index is 0.128. The molecule has 0 saturated heterocycles. The van der Waals surface area contributed by atoms with E-state index in [4.69, 9.17) is 9.84 Å². The van der Waals surface area contributed by atoms with Gasteiger partial charge in [0, 0.05) is 42.0 Å². The zero-order valence-electron chi connectivity index (χ0n) is 16.4. The maximum Gasteiger partial charge on any atom is 0.328 e. The minimum atomic E-state index is -3.56. The molecule has 0 bridgehead atoms. The number of hydrogen-bond acceptors (Lipinski definition) is 5. The summed E-state index contributed by atoms with van der Waals surface area (Å²) in [7, 11) is -3.56. The van der Waals surface area contributed by atoms with E-state index in [1.165, 1.54) is 10.4 Å². The lowest BCUT2D eigenvalue weighted by molar-refractivity contribution is -0.131. The maximum absolute atomic E-state index is 12.5. The van der Waals surface area contributed by atoms with Crippen molar-refractivity contribution in [1.29, 1.82) is 0 Å². The van der Waals surface area contributed by atoms with Crippen LogP contribution >= 0.6 is 0 Å². The molecule has 1 aliphatic heterocycles. The molecule has 4 unspecified atom stereocenters. The molecule has 2 aliphatic rings. The molecule has 8 heteroatoms. The lowest BCUT2D eigenvalue weighted by atomic mass is 9.87. The van der Waals surface area contributed by atoms with Gasteiger partial charge in [-0.15, -0.1) is 0 Å². The molecule has 1 heterocycles. The number of anilines is 1. The third kappa shape index (κ3) is 3.80. The first-order valence-corrected chi connectivity index (χ1v) is 11.5. The van der Waals surface area contributed by atoms with Crippen LogP contribution in [0.4, 0.5) is 5.69 Å². The smallest absolute Gasteiger partial charge is 0.328 e. The van der Waals surface area contributed by atoms with E-state index in [9.17, 15) is 18.3 Å². The molecule has 30 heavy (non-hydrogen) atoms. The SMILES string of the molecule is CS(=O)(=O)N(CC1C(O)CC2Oc3c(C=CC(=O)O)cccc3C21)c1ccccc1. The van der Waals surface area contributed by atoms with Gasteiger partial charge in [-0.2, -0.15) is 0 Å². The van der Waals surface area contributed by atoms with Crippen LogP contribution in [0.15, 0.2) is 54.6 Å². The first kappa shape index (κ1) is 20.4. The van der Waals surface area contributed by atoms with Gasteiger partial charge in [0.05, 0.1) is 18.0 Å². The number of ether oxygens (including phenoxy) is 1. The zero-order chi connectivity index (χ0) is 21.5. The molecule has 2 aromatic rings. The number of fused-ring (bicyclic) bond motifs is 3. The minimum Gasteiger partial charge on any atom is -0.489 e. The highest BCUT2D eigenvalue weighted by Crippen LogP contribution is 2.52. The second-order valence-electron chi connectivity index (χ2n) is 7.72. The molecular formula is C22H23NO6S. The average Bonchev–Trinajstić information content (AvgIpc) is 3.19. The summed E-state index contributed by atoms with van der Waals surface area (Å²) >= 11 is 0. The van der Waals surface area contributed by atoms with Crippen LogP contribution in [0.25, 0.3) is 6.08 Å². The molecule has 7 nitrogen and oxygen atoms in total. The van der Waals surface area contributed by atoms with Crippen molar-refractivity contribution in [2.24, 2.45) is 5.92 Å². The second kappa shape index (κ2) is 7.77. The van der Waals surface area contributed by atoms with Gasteiger partial charge in [0.25, 0.3) is 0 Å². The number of rotatable bonds is 6. The third-order valence-corrected chi connectivity index (χ3v) is 6.92. The number of nitrogens with zero attached hydrogens (tertiary/aromatic N) is 1. The van der Waals surface area contributed by atoms with E-state index in [2.05, 4.69) is 0 Å². The third-order valence-electron chi connectivity index (χ3n) is 5.76. The number of para-hydroxylation sites is 2. The van der Waals surface area contributed by atoms with Gasteiger partial charge in [0.15, 0.2) is 0 Å². The normalized spacial score (nSPS) is 25.0. The zero-order valence-corrected chi connectivity index (χ0v) is 17.2. The Morgan fingerprint density at radius 1 is 1.20 bits per heavy atom. The monoisotopic (exact) mass is 429 g/mol. The van der Waals surface area contributed by atoms with Crippen molar-refractivity contribution in [3.8, 4) is 5.75 Å². The number of carboxylic acids is 1. The van der Waals surface area contributed by atoms with Crippen molar-refractivity contribution in [2.45, 2.75) is 24.5 Å². The van der Waals surface area contributed by atoms with Crippen LogP contribution < -0.4 is 9.04 Å². The van der Waals surface area contributed by atoms with Crippen molar-refractivity contribution in [3.63, 3.8) is 0 Å². The van der Waals surface area contributed by atoms with Crippen LogP contribution in [0, 0.1) is 5.92 Å². The summed E-state index contributed by atoms with van der Waals surface area (Å²) in [5, 5.41) is 19.7. The van der Waals surface area contributed by atoms with Crippen LogP contribution in [0.2, 0.25) is 0 Å². The summed E-state index contributed by atoms with van der Waals surface area (Å²) < 4.78 is 32.5. The fourth-order valence-corrected chi connectivity index (χ4v) is 5.44. The van der Waals surface area contributed by atoms with E-state index in [0.717, 1.165) is 17.9 Å². The highest BCUT2D eigenvalue weighted by atomic mass is 32.2. The van der Waals surface area contributed by atoms with Gasteiger partial charge in [-0.25, -0.2) is 13.2 Å². The molecule has 158 valence electrons. The highest BCUT2D eigenvalue weighted by Gasteiger charge is 2.50. The number of benzene rings is 2. The first-order chi connectivity index (χ1) is 14.3. The molecule has 1 saturated carbocycles. The highest BCUT2D eigenvalue weighted by molar-refractivity contribution is 7.92. The van der Waals surface area contributed by atoms with Crippen LogP contribution in [0.5, 0.6) is 5.75 Å². The predicted octanol–water partition coefficient (Wildman–Crippen LogP) is 2.48. The van der Waals surface area contributed by atoms with E-state index in [-0.39, 0.29) is 24.5 Å². The Kier molecular flexibility index (Phi) is 5.29. The Hall–Kier alpha value is -2.84. The summed E-state index contributed by atoms with van der Waals surface area (Å²) in [6.07, 6.45) is 3.10. The first-order valence-electron chi connectivity index (χ1n) is 9.67. The number of carboxylic acid groups (broad SMARTS) is 1. The topological polar surface area (TPSA) is 104 Å². The van der Waals surface area contributed by atoms with Gasteiger partial charge in [-0.1, -0.05) is 36.4 Å². The van der Waals surface area contributed by atoms with Crippen molar-refractivity contribution in [1.82, 2.24) is 0 Å². The van der Waals surface area contributed by atoms with Crippen LogP contribution in [0.1, 0.15) is 23.5 Å². The summed E-state index contributed by atoms with van der Waals surface area (Å²) in [4.78, 5) is 10.9. The Balaban J connectivity index is 1.69. The van der Waals surface area contributed by atoms with Gasteiger partial charge < -0.3 is 14.9 Å². The molecule has 1 aliphatic carbocycles. The standard InChI is InChI=1S/C22H23NO6S/c1-30(27,28)23(15-7-3-2-4-8-15)13-17-18(24)12-19-21(17)16-9-5-6-14(22(16)29-19)10-11-20(25)26/h2-11,17-19,21,24H,12-13H2,1H3,(H,25,26). The maximum atomic E-state index is 12.5. The molecule has 1 fully saturated rings. The summed E-state index contributed by atoms with van der Waals surface area (Å²) in [5.41, 5.74) is 2.07. The van der Waals surface area contributed by atoms with Gasteiger partial charge in [0.1, 0.15) is 11.9 Å². The summed E-state index contributed by atoms with van der Waals surface area (Å²) in [6.45, 7) is 0.128. The van der Waals surface area contributed by atoms with E-state index < -0.39 is 22.1 Å². The molecule has 2 N–H and O–H groups in total. The van der Waals surface area contributed by atoms with Gasteiger partial charge in [-0.3, -0.25) is 4.31 Å². The quantitative estimate of drug-likeness (QED) is 0.684. The lowest BCUT2D eigenvalue weighted by Crippen LogP contribution is -2.38. The fraction of sp³-hybridized carbons (Fsp3) is 0.318. The molecule has 0 spiro atoms. The van der Waals surface area contributed by atoms with Crippen molar-refractivity contribution >= 4 is 27.8 Å². The van der Waals surface area contributed by atoms with Gasteiger partial charge in [-0.05, 0) is 18.2 Å². The fourth-order valence-electron chi connectivity index (χ4n) is 4.50. The number of sulfonamides is 1. The predicted molar refractivity (Wildman–Crippen MR) is 113 cm³/mol. The number of carbonyl (C=O) groups is 1. The molecule has 4 rings (SSSR count). The van der Waals surface area contributed by atoms with Crippen LogP contribution in [0.3, 0.4) is 0 Å². The van der Waals surface area contributed by atoms with Gasteiger partial charge >= 0.3 is 5.97 Å². The number of aliphatic hydroxyl groups is 1. The summed E-state index contributed by atoms with van der Waals surface area (Å²) in [5.74, 6) is -0.982. The molecule has 0 aromatic heterocycles. The lowest BCUT2D eigenvalue weighted by Gasteiger charge is -2.29. The van der Waals surface area contributed by atoms with E-state index in [1.54, 1.807) is 30.3 Å². The Morgan fingerprint density at radius 2 is 1.93 bits per heavy atom. The Morgan fingerprint density at radius 3 is 2.60 bits per heavy atom. The van der Waals surface area contributed by atoms with E-state index >= 15 is 0 Å². The molecular weight excluding hydrogens is 406 g/mol. The average molecular weight is 429 g/mol. The van der Waals surface area contributed by atoms with E-state index in [1.807, 2.05) is 18.2 Å². The summed E-state index contributed by atoms with van der Waals surface area (Å²) in [6, 6.07) is 14.3. The van der Waals surface area contributed by atoms with Crippen LogP contribution in [-0.2, 0) is 14.8 Å². The number of aliphatic carboxylic acids is 1. The Bertz CT molecular complexity index is 1080. The van der Waals surface area contributed by atoms with Crippen LogP contribution in [-0.4, -0.2) is 49.6 Å². The molecule has 0 amide bonds. The number of aliphatic hydroxyl groups excluding tert-OH is 1. The molecule has 2 aromatic carbocycles. The van der Waals surface area contributed by atoms with Crippen molar-refractivity contribution in [2.75, 3.05) is 17.1 Å². The molecule has 4 atom stereocenters. The van der Waals surface area contributed by atoms with E-state index in [0.29, 0.717) is 23.4 Å².